The SMILES string of the molecule is CC(=N)S[C@@H](Cc1ccc(CCSC(=N)N)cc1)c1nnco1. The molecule has 0 unspecified atom stereocenters. The summed E-state index contributed by atoms with van der Waals surface area (Å²) in [5.74, 6) is 1.35. The Morgan fingerprint density at radius 2 is 1.96 bits per heavy atom. The molecule has 6 nitrogen and oxygen atoms in total. The third-order valence-corrected chi connectivity index (χ3v) is 4.79. The van der Waals surface area contributed by atoms with Crippen LogP contribution in [0.2, 0.25) is 0 Å². The minimum Gasteiger partial charge on any atom is -0.427 e. The summed E-state index contributed by atoms with van der Waals surface area (Å²) in [7, 11) is 0. The van der Waals surface area contributed by atoms with Crippen LogP contribution >= 0.6 is 23.5 Å². The van der Waals surface area contributed by atoms with E-state index in [2.05, 4.69) is 34.5 Å². The van der Waals surface area contributed by atoms with Gasteiger partial charge in [0.25, 0.3) is 0 Å². The lowest BCUT2D eigenvalue weighted by Gasteiger charge is -2.12. The number of aryl methyl sites for hydroxylation is 1. The number of aromatic nitrogens is 2. The van der Waals surface area contributed by atoms with Crippen LogP contribution in [0, 0.1) is 10.8 Å². The molecule has 23 heavy (non-hydrogen) atoms. The summed E-state index contributed by atoms with van der Waals surface area (Å²) in [4.78, 5) is 0. The molecule has 2 rings (SSSR count). The molecular formula is C15H19N5OS2. The summed E-state index contributed by atoms with van der Waals surface area (Å²) < 4.78 is 5.29. The molecule has 122 valence electrons. The van der Waals surface area contributed by atoms with Gasteiger partial charge in [0, 0.05) is 5.75 Å². The van der Waals surface area contributed by atoms with Crippen LogP contribution < -0.4 is 5.73 Å². The molecule has 0 aliphatic carbocycles. The lowest BCUT2D eigenvalue weighted by Crippen LogP contribution is -2.05. The molecule has 1 aromatic carbocycles. The van der Waals surface area contributed by atoms with Gasteiger partial charge in [-0.1, -0.05) is 47.8 Å². The fourth-order valence-corrected chi connectivity index (χ4v) is 3.51. The molecule has 0 aliphatic rings. The van der Waals surface area contributed by atoms with Crippen LogP contribution in [0.25, 0.3) is 0 Å². The Hall–Kier alpha value is -1.80. The van der Waals surface area contributed by atoms with Gasteiger partial charge < -0.3 is 10.2 Å². The number of nitrogens with two attached hydrogens (primary N) is 1. The van der Waals surface area contributed by atoms with Gasteiger partial charge >= 0.3 is 0 Å². The van der Waals surface area contributed by atoms with Crippen LogP contribution in [0.5, 0.6) is 0 Å². The Kier molecular flexibility index (Phi) is 6.66. The number of thioether (sulfide) groups is 2. The molecule has 0 radical (unpaired) electrons. The highest BCUT2D eigenvalue weighted by atomic mass is 32.2. The third-order valence-electron chi connectivity index (χ3n) is 3.06. The van der Waals surface area contributed by atoms with E-state index in [0.717, 1.165) is 24.2 Å². The minimum atomic E-state index is -0.0471. The lowest BCUT2D eigenvalue weighted by atomic mass is 10.1. The molecule has 8 heteroatoms. The Morgan fingerprint density at radius 1 is 1.26 bits per heavy atom. The summed E-state index contributed by atoms with van der Waals surface area (Å²) >= 11 is 2.77. The Balaban J connectivity index is 1.97. The zero-order valence-corrected chi connectivity index (χ0v) is 14.4. The van der Waals surface area contributed by atoms with E-state index in [1.807, 2.05) is 0 Å². The third kappa shape index (κ3) is 6.07. The second-order valence-corrected chi connectivity index (χ2v) is 7.48. The number of benzene rings is 1. The molecule has 0 saturated carbocycles. The van der Waals surface area contributed by atoms with Crippen molar-refractivity contribution in [3.05, 3.63) is 47.7 Å². The van der Waals surface area contributed by atoms with E-state index in [4.69, 9.17) is 21.0 Å². The fraction of sp³-hybridized carbons (Fsp3) is 0.333. The molecule has 0 amide bonds. The van der Waals surface area contributed by atoms with Gasteiger partial charge in [0.2, 0.25) is 12.3 Å². The van der Waals surface area contributed by atoms with Crippen molar-refractivity contribution in [1.29, 1.82) is 10.8 Å². The zero-order chi connectivity index (χ0) is 16.7. The Morgan fingerprint density at radius 3 is 2.52 bits per heavy atom. The first kappa shape index (κ1) is 17.6. The van der Waals surface area contributed by atoms with Crippen molar-refractivity contribution in [2.24, 2.45) is 5.73 Å². The first-order valence-corrected chi connectivity index (χ1v) is 8.93. The average molecular weight is 349 g/mol. The van der Waals surface area contributed by atoms with Gasteiger partial charge in [0.1, 0.15) is 0 Å². The predicted molar refractivity (Wildman–Crippen MR) is 96.3 cm³/mol. The highest BCUT2D eigenvalue weighted by Gasteiger charge is 2.19. The topological polar surface area (TPSA) is 113 Å². The maximum Gasteiger partial charge on any atom is 0.229 e. The molecule has 0 bridgehead atoms. The number of hydrogen-bond acceptors (Lipinski definition) is 7. The summed E-state index contributed by atoms with van der Waals surface area (Å²) in [6.45, 7) is 1.75. The van der Waals surface area contributed by atoms with E-state index in [1.54, 1.807) is 6.92 Å². The van der Waals surface area contributed by atoms with Crippen LogP contribution in [0.15, 0.2) is 35.1 Å². The summed E-state index contributed by atoms with van der Waals surface area (Å²) in [5, 5.41) is 23.2. The number of nitrogens with one attached hydrogen (secondary N) is 2. The van der Waals surface area contributed by atoms with Crippen LogP contribution in [-0.4, -0.2) is 26.2 Å². The molecule has 1 aromatic heterocycles. The molecule has 0 saturated heterocycles. The van der Waals surface area contributed by atoms with Crippen LogP contribution in [0.3, 0.4) is 0 Å². The van der Waals surface area contributed by atoms with Crippen molar-refractivity contribution in [3.8, 4) is 0 Å². The number of hydrogen-bond donors (Lipinski definition) is 3. The molecular weight excluding hydrogens is 330 g/mol. The van der Waals surface area contributed by atoms with Crippen LogP contribution in [0.1, 0.15) is 29.2 Å². The van der Waals surface area contributed by atoms with Crippen molar-refractivity contribution < 1.29 is 4.42 Å². The van der Waals surface area contributed by atoms with E-state index >= 15 is 0 Å². The van der Waals surface area contributed by atoms with Crippen molar-refractivity contribution >= 4 is 33.7 Å². The van der Waals surface area contributed by atoms with Crippen molar-refractivity contribution in [2.45, 2.75) is 25.0 Å². The largest absolute Gasteiger partial charge is 0.427 e. The first-order chi connectivity index (χ1) is 11.0. The van der Waals surface area contributed by atoms with Gasteiger partial charge in [0.15, 0.2) is 5.17 Å². The monoisotopic (exact) mass is 349 g/mol. The van der Waals surface area contributed by atoms with Gasteiger partial charge in [-0.2, -0.15) is 0 Å². The van der Waals surface area contributed by atoms with Crippen LogP contribution in [-0.2, 0) is 12.8 Å². The van der Waals surface area contributed by atoms with E-state index in [1.165, 1.54) is 35.5 Å². The van der Waals surface area contributed by atoms with Crippen molar-refractivity contribution in [2.75, 3.05) is 5.75 Å². The van der Waals surface area contributed by atoms with E-state index < -0.39 is 0 Å². The second-order valence-electron chi connectivity index (χ2n) is 4.92. The number of rotatable bonds is 7. The van der Waals surface area contributed by atoms with Gasteiger partial charge in [-0.15, -0.1) is 10.2 Å². The van der Waals surface area contributed by atoms with Gasteiger partial charge in [0.05, 0.1) is 10.3 Å². The molecule has 1 heterocycles. The van der Waals surface area contributed by atoms with Gasteiger partial charge in [-0.3, -0.25) is 10.8 Å². The molecule has 0 fully saturated rings. The zero-order valence-electron chi connectivity index (χ0n) is 12.8. The minimum absolute atomic E-state index is 0.0471. The molecule has 0 spiro atoms. The van der Waals surface area contributed by atoms with E-state index in [9.17, 15) is 0 Å². The molecule has 0 aliphatic heterocycles. The van der Waals surface area contributed by atoms with Gasteiger partial charge in [-0.05, 0) is 30.9 Å². The smallest absolute Gasteiger partial charge is 0.229 e. The first-order valence-electron chi connectivity index (χ1n) is 7.07. The Labute approximate surface area is 143 Å². The summed E-state index contributed by atoms with van der Waals surface area (Å²) in [5.41, 5.74) is 7.70. The number of nitrogens with zero attached hydrogens (tertiary/aromatic N) is 2. The predicted octanol–water partition coefficient (Wildman–Crippen LogP) is 3.25. The quantitative estimate of drug-likeness (QED) is 0.522. The van der Waals surface area contributed by atoms with E-state index in [0.29, 0.717) is 10.9 Å². The maximum absolute atomic E-state index is 7.68. The van der Waals surface area contributed by atoms with Crippen molar-refractivity contribution in [3.63, 3.8) is 0 Å². The lowest BCUT2D eigenvalue weighted by molar-refractivity contribution is 0.488. The standard InChI is InChI=1S/C15H19N5OS2/c1-10(16)23-13(14-20-19-9-21-14)8-12-4-2-11(3-5-12)6-7-22-15(17)18/h2-5,9,13,16H,6-8H2,1H3,(H3,17,18)/t13-/m0/s1. The molecule has 2 aromatic rings. The van der Waals surface area contributed by atoms with Crippen molar-refractivity contribution in [1.82, 2.24) is 10.2 Å². The molecule has 1 atom stereocenters. The van der Waals surface area contributed by atoms with Gasteiger partial charge in [-0.25, -0.2) is 0 Å². The van der Waals surface area contributed by atoms with E-state index in [-0.39, 0.29) is 10.4 Å². The molecule has 4 N–H and O–H groups in total. The number of amidine groups is 1. The fourth-order valence-electron chi connectivity index (χ4n) is 2.05. The highest BCUT2D eigenvalue weighted by Crippen LogP contribution is 2.31. The Bertz CT molecular complexity index is 642. The summed E-state index contributed by atoms with van der Waals surface area (Å²) in [6, 6.07) is 8.33. The maximum atomic E-state index is 7.68. The normalized spacial score (nSPS) is 12.0. The van der Waals surface area contributed by atoms with Crippen LogP contribution in [0.4, 0.5) is 0 Å². The average Bonchev–Trinajstić information content (AvgIpc) is 3.02. The second kappa shape index (κ2) is 8.73. The highest BCUT2D eigenvalue weighted by molar-refractivity contribution is 8.14. The summed E-state index contributed by atoms with van der Waals surface area (Å²) in [6.07, 6.45) is 2.93.